The number of carbonyl (C=O) groups excluding carboxylic acids is 1. The van der Waals surface area contributed by atoms with E-state index in [1.807, 2.05) is 23.1 Å². The smallest absolute Gasteiger partial charge is 0.490 e. The summed E-state index contributed by atoms with van der Waals surface area (Å²) in [4.78, 5) is 14.8. The van der Waals surface area contributed by atoms with Gasteiger partial charge in [-0.1, -0.05) is 6.07 Å². The second-order valence-corrected chi connectivity index (χ2v) is 7.68. The highest BCUT2D eigenvalue weighted by atomic mass is 19.3. The predicted octanol–water partition coefficient (Wildman–Crippen LogP) is 3.95. The Labute approximate surface area is 177 Å². The molecule has 1 atom stereocenters. The number of hydrogen-bond acceptors (Lipinski definition) is 6. The molecule has 3 aliphatic rings. The lowest BCUT2D eigenvalue weighted by Gasteiger charge is -2.26. The maximum atomic E-state index is 13.2. The van der Waals surface area contributed by atoms with Gasteiger partial charge in [0, 0.05) is 24.7 Å². The topological polar surface area (TPSA) is 69.3 Å². The number of carbonyl (C=O) groups is 1. The van der Waals surface area contributed by atoms with Crippen molar-refractivity contribution in [3.63, 3.8) is 0 Å². The van der Waals surface area contributed by atoms with E-state index < -0.39 is 6.29 Å². The van der Waals surface area contributed by atoms with Gasteiger partial charge in [-0.05, 0) is 42.7 Å². The molecular formula is C22H22F2N2O5. The van der Waals surface area contributed by atoms with Gasteiger partial charge < -0.3 is 29.2 Å². The summed E-state index contributed by atoms with van der Waals surface area (Å²) < 4.78 is 46.7. The molecule has 0 unspecified atom stereocenters. The molecule has 0 spiro atoms. The molecular weight excluding hydrogens is 410 g/mol. The van der Waals surface area contributed by atoms with E-state index in [2.05, 4.69) is 14.8 Å². The van der Waals surface area contributed by atoms with Crippen LogP contribution in [-0.4, -0.2) is 43.4 Å². The van der Waals surface area contributed by atoms with Crippen LogP contribution in [-0.2, 0) is 4.79 Å². The Kier molecular flexibility index (Phi) is 4.95. The van der Waals surface area contributed by atoms with Gasteiger partial charge in [-0.25, -0.2) is 0 Å². The van der Waals surface area contributed by atoms with Gasteiger partial charge in [-0.15, -0.1) is 8.78 Å². The monoisotopic (exact) mass is 432 g/mol. The van der Waals surface area contributed by atoms with Crippen LogP contribution in [0.15, 0.2) is 36.4 Å². The van der Waals surface area contributed by atoms with Gasteiger partial charge in [0.05, 0.1) is 25.8 Å². The van der Waals surface area contributed by atoms with Gasteiger partial charge in [0.15, 0.2) is 23.0 Å². The lowest BCUT2D eigenvalue weighted by molar-refractivity contribution is -0.286. The van der Waals surface area contributed by atoms with Gasteiger partial charge in [0.2, 0.25) is 5.91 Å². The quantitative estimate of drug-likeness (QED) is 0.789. The van der Waals surface area contributed by atoms with Gasteiger partial charge >= 0.3 is 6.29 Å². The summed E-state index contributed by atoms with van der Waals surface area (Å²) in [5, 5.41) is 2.99. The minimum Gasteiger partial charge on any atom is -0.490 e. The maximum absolute atomic E-state index is 13.2. The molecule has 3 aliphatic heterocycles. The van der Waals surface area contributed by atoms with Gasteiger partial charge in [-0.3, -0.25) is 4.79 Å². The second kappa shape index (κ2) is 7.79. The molecule has 0 aliphatic carbocycles. The standard InChI is InChI=1S/C22H22F2N2O5/c23-22(24)30-18-7-5-15(12-20(18)31-22)25-13-21(27)26-8-1-3-16(26)14-4-6-17-19(11-14)29-10-2-9-28-17/h4-7,11-12,16,25H,1-3,8-10,13H2/t16-/m1/s1. The molecule has 2 aromatic carbocycles. The van der Waals surface area contributed by atoms with E-state index in [1.165, 1.54) is 12.1 Å². The first-order valence-corrected chi connectivity index (χ1v) is 10.3. The Hall–Kier alpha value is -3.23. The number of ether oxygens (including phenoxy) is 4. The van der Waals surface area contributed by atoms with E-state index >= 15 is 0 Å². The molecule has 0 aromatic heterocycles. The second-order valence-electron chi connectivity index (χ2n) is 7.68. The van der Waals surface area contributed by atoms with E-state index in [9.17, 15) is 13.6 Å². The average molecular weight is 432 g/mol. The summed E-state index contributed by atoms with van der Waals surface area (Å²) in [6.07, 6.45) is -1.06. The predicted molar refractivity (Wildman–Crippen MR) is 107 cm³/mol. The number of anilines is 1. The summed E-state index contributed by atoms with van der Waals surface area (Å²) in [5.74, 6) is 1.28. The van der Waals surface area contributed by atoms with Gasteiger partial charge in [-0.2, -0.15) is 0 Å². The van der Waals surface area contributed by atoms with Crippen molar-refractivity contribution in [2.24, 2.45) is 0 Å². The lowest BCUT2D eigenvalue weighted by Crippen LogP contribution is -2.35. The average Bonchev–Trinajstić information content (AvgIpc) is 3.27. The number of likely N-dealkylation sites (tertiary alicyclic amines) is 1. The molecule has 0 radical (unpaired) electrons. The zero-order valence-electron chi connectivity index (χ0n) is 16.7. The van der Waals surface area contributed by atoms with Gasteiger partial charge in [0.1, 0.15) is 0 Å². The Balaban J connectivity index is 1.25. The molecule has 0 bridgehead atoms. The van der Waals surface area contributed by atoms with E-state index in [0.717, 1.165) is 30.6 Å². The third-order valence-electron chi connectivity index (χ3n) is 5.57. The van der Waals surface area contributed by atoms with Crippen molar-refractivity contribution in [1.82, 2.24) is 4.90 Å². The number of benzene rings is 2. The molecule has 1 fully saturated rings. The highest BCUT2D eigenvalue weighted by molar-refractivity contribution is 5.82. The molecule has 31 heavy (non-hydrogen) atoms. The van der Waals surface area contributed by atoms with E-state index in [0.29, 0.717) is 31.2 Å². The summed E-state index contributed by atoms with van der Waals surface area (Å²) in [5.41, 5.74) is 1.51. The van der Waals surface area contributed by atoms with Crippen LogP contribution in [0, 0.1) is 0 Å². The third kappa shape index (κ3) is 4.04. The molecule has 164 valence electrons. The summed E-state index contributed by atoms with van der Waals surface area (Å²) in [6, 6.07) is 10.2. The third-order valence-corrected chi connectivity index (χ3v) is 5.57. The SMILES string of the molecule is O=C(CNc1ccc2c(c1)OC(F)(F)O2)N1CCC[C@@H]1c1ccc2c(c1)OCCCO2. The number of alkyl halides is 2. The molecule has 1 amide bonds. The van der Waals surface area contributed by atoms with E-state index in [1.54, 1.807) is 6.07 Å². The van der Waals surface area contributed by atoms with Crippen molar-refractivity contribution >= 4 is 11.6 Å². The molecule has 2 aromatic rings. The number of hydrogen-bond donors (Lipinski definition) is 1. The molecule has 0 saturated carbocycles. The van der Waals surface area contributed by atoms with Crippen LogP contribution in [0.4, 0.5) is 14.5 Å². The lowest BCUT2D eigenvalue weighted by atomic mass is 10.0. The summed E-state index contributed by atoms with van der Waals surface area (Å²) >= 11 is 0. The Morgan fingerprint density at radius 3 is 2.65 bits per heavy atom. The van der Waals surface area contributed by atoms with Crippen LogP contribution in [0.25, 0.3) is 0 Å². The highest BCUT2D eigenvalue weighted by Gasteiger charge is 2.43. The maximum Gasteiger partial charge on any atom is 0.586 e. The molecule has 5 rings (SSSR count). The van der Waals surface area contributed by atoms with Crippen LogP contribution in [0.3, 0.4) is 0 Å². The fraction of sp³-hybridized carbons (Fsp3) is 0.409. The molecule has 1 saturated heterocycles. The first-order valence-electron chi connectivity index (χ1n) is 10.3. The Morgan fingerprint density at radius 2 is 1.77 bits per heavy atom. The minimum atomic E-state index is -3.66. The molecule has 7 nitrogen and oxygen atoms in total. The number of fused-ring (bicyclic) bond motifs is 2. The van der Waals surface area contributed by atoms with Crippen molar-refractivity contribution in [2.45, 2.75) is 31.6 Å². The molecule has 1 N–H and O–H groups in total. The molecule has 3 heterocycles. The largest absolute Gasteiger partial charge is 0.586 e. The van der Waals surface area contributed by atoms with E-state index in [-0.39, 0.29) is 30.0 Å². The fourth-order valence-electron chi connectivity index (χ4n) is 4.14. The summed E-state index contributed by atoms with van der Waals surface area (Å²) in [7, 11) is 0. The van der Waals surface area contributed by atoms with Crippen LogP contribution >= 0.6 is 0 Å². The number of nitrogens with zero attached hydrogens (tertiary/aromatic N) is 1. The van der Waals surface area contributed by atoms with Crippen LogP contribution < -0.4 is 24.3 Å². The highest BCUT2D eigenvalue weighted by Crippen LogP contribution is 2.42. The number of amides is 1. The Morgan fingerprint density at radius 1 is 1.00 bits per heavy atom. The number of nitrogens with one attached hydrogen (secondary N) is 1. The number of rotatable bonds is 4. The first kappa shape index (κ1) is 19.7. The Bertz CT molecular complexity index is 1000. The zero-order valence-corrected chi connectivity index (χ0v) is 16.7. The minimum absolute atomic E-state index is 0.0316. The van der Waals surface area contributed by atoms with Crippen molar-refractivity contribution in [3.05, 3.63) is 42.0 Å². The first-order chi connectivity index (χ1) is 15.0. The van der Waals surface area contributed by atoms with E-state index in [4.69, 9.17) is 9.47 Å². The zero-order chi connectivity index (χ0) is 21.4. The van der Waals surface area contributed by atoms with Crippen molar-refractivity contribution < 1.29 is 32.5 Å². The fourth-order valence-corrected chi connectivity index (χ4v) is 4.14. The van der Waals surface area contributed by atoms with Crippen LogP contribution in [0.1, 0.15) is 30.9 Å². The van der Waals surface area contributed by atoms with Crippen LogP contribution in [0.5, 0.6) is 23.0 Å². The van der Waals surface area contributed by atoms with Crippen molar-refractivity contribution in [2.75, 3.05) is 31.6 Å². The summed E-state index contributed by atoms with van der Waals surface area (Å²) in [6.45, 7) is 1.93. The van der Waals surface area contributed by atoms with Crippen molar-refractivity contribution in [3.8, 4) is 23.0 Å². The number of halogens is 2. The normalized spacial score (nSPS) is 21.0. The van der Waals surface area contributed by atoms with Gasteiger partial charge in [0.25, 0.3) is 0 Å². The molecule has 9 heteroatoms. The van der Waals surface area contributed by atoms with Crippen LogP contribution in [0.2, 0.25) is 0 Å². The van der Waals surface area contributed by atoms with Crippen molar-refractivity contribution in [1.29, 1.82) is 0 Å².